The first-order valence-electron chi connectivity index (χ1n) is 8.95. The van der Waals surface area contributed by atoms with Crippen LogP contribution in [0.15, 0.2) is 42.5 Å². The number of carbonyl (C=O) groups is 1. The lowest BCUT2D eigenvalue weighted by atomic mass is 9.90. The van der Waals surface area contributed by atoms with Gasteiger partial charge in [-0.15, -0.1) is 0 Å². The second kappa shape index (κ2) is 7.15. The number of likely N-dealkylation sites (tertiary alicyclic amines) is 1. The van der Waals surface area contributed by atoms with Crippen molar-refractivity contribution >= 4 is 16.9 Å². The maximum Gasteiger partial charge on any atom is 0.253 e. The van der Waals surface area contributed by atoms with E-state index in [1.807, 2.05) is 35.2 Å². The molecule has 0 aliphatic carbocycles. The fourth-order valence-electron chi connectivity index (χ4n) is 3.59. The number of rotatable bonds is 4. The Morgan fingerprint density at radius 1 is 1.12 bits per heavy atom. The molecule has 26 heavy (non-hydrogen) atoms. The van der Waals surface area contributed by atoms with Gasteiger partial charge in [0.2, 0.25) is 0 Å². The quantitative estimate of drug-likeness (QED) is 0.785. The highest BCUT2D eigenvalue weighted by atomic mass is 16.5. The number of benzene rings is 2. The third kappa shape index (κ3) is 3.40. The summed E-state index contributed by atoms with van der Waals surface area (Å²) in [6.45, 7) is 1.60. The van der Waals surface area contributed by atoms with Gasteiger partial charge in [-0.05, 0) is 61.1 Å². The van der Waals surface area contributed by atoms with Gasteiger partial charge in [0.05, 0.1) is 7.11 Å². The number of fused-ring (bicyclic) bond motifs is 1. The van der Waals surface area contributed by atoms with Crippen LogP contribution in [0, 0.1) is 5.92 Å². The summed E-state index contributed by atoms with van der Waals surface area (Å²) in [5.41, 5.74) is 3.51. The zero-order chi connectivity index (χ0) is 17.9. The summed E-state index contributed by atoms with van der Waals surface area (Å²) in [4.78, 5) is 14.7. The largest absolute Gasteiger partial charge is 0.497 e. The number of nitrogens with zero attached hydrogens (tertiary/aromatic N) is 3. The zero-order valence-electron chi connectivity index (χ0n) is 14.8. The van der Waals surface area contributed by atoms with Crippen molar-refractivity contribution < 1.29 is 9.53 Å². The third-order valence-electron chi connectivity index (χ3n) is 5.15. The first-order valence-corrected chi connectivity index (χ1v) is 8.95. The van der Waals surface area contributed by atoms with Gasteiger partial charge in [0.1, 0.15) is 16.8 Å². The lowest BCUT2D eigenvalue weighted by Crippen LogP contribution is -2.38. The summed E-state index contributed by atoms with van der Waals surface area (Å²) >= 11 is 0. The van der Waals surface area contributed by atoms with Gasteiger partial charge >= 0.3 is 0 Å². The van der Waals surface area contributed by atoms with E-state index in [2.05, 4.69) is 27.5 Å². The zero-order valence-corrected chi connectivity index (χ0v) is 14.8. The molecule has 1 aromatic heterocycles. The van der Waals surface area contributed by atoms with Gasteiger partial charge in [-0.25, -0.2) is 0 Å². The number of ether oxygens (including phenoxy) is 1. The lowest BCUT2D eigenvalue weighted by molar-refractivity contribution is 0.0690. The van der Waals surface area contributed by atoms with Crippen LogP contribution in [0.2, 0.25) is 0 Å². The number of piperidine rings is 1. The number of hydrogen-bond acceptors (Lipinski definition) is 4. The van der Waals surface area contributed by atoms with Crippen LogP contribution >= 0.6 is 0 Å². The topological polar surface area (TPSA) is 71.1 Å². The minimum atomic E-state index is 0.0813. The first-order chi connectivity index (χ1) is 12.7. The Hall–Kier alpha value is -2.89. The molecule has 1 amide bonds. The van der Waals surface area contributed by atoms with Crippen LogP contribution in [0.4, 0.5) is 0 Å². The van der Waals surface area contributed by atoms with Crippen molar-refractivity contribution in [2.45, 2.75) is 19.3 Å². The fraction of sp³-hybridized carbons (Fsp3) is 0.350. The van der Waals surface area contributed by atoms with E-state index in [0.717, 1.165) is 49.1 Å². The Balaban J connectivity index is 1.35. The van der Waals surface area contributed by atoms with Crippen LogP contribution in [0.25, 0.3) is 11.0 Å². The molecule has 0 bridgehead atoms. The molecule has 0 saturated carbocycles. The number of aromatic nitrogens is 3. The predicted octanol–water partition coefficient (Wildman–Crippen LogP) is 3.06. The molecule has 3 aromatic rings. The number of methoxy groups -OCH3 is 1. The van der Waals surface area contributed by atoms with Crippen molar-refractivity contribution in [3.8, 4) is 5.75 Å². The summed E-state index contributed by atoms with van der Waals surface area (Å²) < 4.78 is 5.21. The molecular formula is C20H22N4O2. The molecule has 6 nitrogen and oxygen atoms in total. The SMILES string of the molecule is COc1ccc(CC2CCN(C(=O)c3ccc4n[nH]nc4c3)CC2)cc1. The van der Waals surface area contributed by atoms with E-state index in [-0.39, 0.29) is 5.91 Å². The minimum absolute atomic E-state index is 0.0813. The molecule has 134 valence electrons. The average Bonchev–Trinajstić information content (AvgIpc) is 3.16. The normalized spacial score (nSPS) is 15.3. The number of nitrogens with one attached hydrogen (secondary N) is 1. The molecule has 0 atom stereocenters. The monoisotopic (exact) mass is 350 g/mol. The molecule has 6 heteroatoms. The number of hydrogen-bond donors (Lipinski definition) is 1. The Kier molecular flexibility index (Phi) is 4.56. The molecular weight excluding hydrogens is 328 g/mol. The Labute approximate surface area is 152 Å². The lowest BCUT2D eigenvalue weighted by Gasteiger charge is -2.32. The van der Waals surface area contributed by atoms with Crippen molar-refractivity contribution in [3.63, 3.8) is 0 Å². The molecule has 1 N–H and O–H groups in total. The third-order valence-corrected chi connectivity index (χ3v) is 5.15. The van der Waals surface area contributed by atoms with Crippen molar-refractivity contribution in [2.24, 2.45) is 5.92 Å². The van der Waals surface area contributed by atoms with E-state index >= 15 is 0 Å². The van der Waals surface area contributed by atoms with Gasteiger partial charge < -0.3 is 9.64 Å². The van der Waals surface area contributed by atoms with Crippen LogP contribution in [-0.4, -0.2) is 46.4 Å². The van der Waals surface area contributed by atoms with Gasteiger partial charge in [-0.1, -0.05) is 12.1 Å². The average molecular weight is 350 g/mol. The van der Waals surface area contributed by atoms with Crippen molar-refractivity contribution in [1.82, 2.24) is 20.3 Å². The fourth-order valence-corrected chi connectivity index (χ4v) is 3.59. The van der Waals surface area contributed by atoms with Crippen LogP contribution in [-0.2, 0) is 6.42 Å². The number of carbonyl (C=O) groups excluding carboxylic acids is 1. The summed E-state index contributed by atoms with van der Waals surface area (Å²) in [5, 5.41) is 10.7. The van der Waals surface area contributed by atoms with E-state index < -0.39 is 0 Å². The van der Waals surface area contributed by atoms with E-state index in [9.17, 15) is 4.79 Å². The van der Waals surface area contributed by atoms with E-state index in [4.69, 9.17) is 4.74 Å². The van der Waals surface area contributed by atoms with Crippen LogP contribution in [0.5, 0.6) is 5.75 Å². The van der Waals surface area contributed by atoms with E-state index in [1.165, 1.54) is 5.56 Å². The second-order valence-corrected chi connectivity index (χ2v) is 6.81. The van der Waals surface area contributed by atoms with Gasteiger partial charge in [0.25, 0.3) is 5.91 Å². The highest BCUT2D eigenvalue weighted by Crippen LogP contribution is 2.24. The van der Waals surface area contributed by atoms with Crippen LogP contribution in [0.1, 0.15) is 28.8 Å². The summed E-state index contributed by atoms with van der Waals surface area (Å²) in [7, 11) is 1.68. The first kappa shape index (κ1) is 16.6. The van der Waals surface area contributed by atoms with Crippen molar-refractivity contribution in [3.05, 3.63) is 53.6 Å². The maximum absolute atomic E-state index is 12.8. The number of aromatic amines is 1. The minimum Gasteiger partial charge on any atom is -0.497 e. The summed E-state index contributed by atoms with van der Waals surface area (Å²) in [5.74, 6) is 1.58. The smallest absolute Gasteiger partial charge is 0.253 e. The molecule has 0 spiro atoms. The van der Waals surface area contributed by atoms with Crippen LogP contribution < -0.4 is 4.74 Å². The molecule has 2 heterocycles. The van der Waals surface area contributed by atoms with Crippen molar-refractivity contribution in [1.29, 1.82) is 0 Å². The van der Waals surface area contributed by atoms with Crippen LogP contribution in [0.3, 0.4) is 0 Å². The Morgan fingerprint density at radius 2 is 1.85 bits per heavy atom. The molecule has 1 fully saturated rings. The molecule has 1 aliphatic heterocycles. The summed E-state index contributed by atoms with van der Waals surface area (Å²) in [6.07, 6.45) is 3.12. The maximum atomic E-state index is 12.8. The van der Waals surface area contributed by atoms with Gasteiger partial charge in [0, 0.05) is 18.7 Å². The van der Waals surface area contributed by atoms with E-state index in [1.54, 1.807) is 7.11 Å². The molecule has 2 aromatic carbocycles. The molecule has 1 aliphatic rings. The van der Waals surface area contributed by atoms with E-state index in [0.29, 0.717) is 11.5 Å². The van der Waals surface area contributed by atoms with Crippen molar-refractivity contribution in [2.75, 3.05) is 20.2 Å². The standard InChI is InChI=1S/C20H22N4O2/c1-26-17-5-2-14(3-6-17)12-15-8-10-24(11-9-15)20(25)16-4-7-18-19(13-16)22-23-21-18/h2-7,13,15H,8-12H2,1H3,(H,21,22,23). The highest BCUT2D eigenvalue weighted by Gasteiger charge is 2.24. The predicted molar refractivity (Wildman–Crippen MR) is 99.2 cm³/mol. The summed E-state index contributed by atoms with van der Waals surface area (Å²) in [6, 6.07) is 13.7. The molecule has 1 saturated heterocycles. The molecule has 0 unspecified atom stereocenters. The Morgan fingerprint density at radius 3 is 2.58 bits per heavy atom. The number of amides is 1. The second-order valence-electron chi connectivity index (χ2n) is 6.81. The Bertz CT molecular complexity index is 896. The molecule has 0 radical (unpaired) electrons. The van der Waals surface area contributed by atoms with Gasteiger partial charge in [-0.3, -0.25) is 4.79 Å². The molecule has 4 rings (SSSR count). The highest BCUT2D eigenvalue weighted by molar-refractivity contribution is 5.97. The van der Waals surface area contributed by atoms with Gasteiger partial charge in [-0.2, -0.15) is 15.4 Å². The number of H-pyrrole nitrogens is 1. The van der Waals surface area contributed by atoms with Gasteiger partial charge in [0.15, 0.2) is 0 Å².